The van der Waals surface area contributed by atoms with Crippen LogP contribution in [0.25, 0.3) is 0 Å². The fourth-order valence-corrected chi connectivity index (χ4v) is 2.36. The summed E-state index contributed by atoms with van der Waals surface area (Å²) in [6, 6.07) is 4.77. The summed E-state index contributed by atoms with van der Waals surface area (Å²) in [4.78, 5) is 6.72. The first kappa shape index (κ1) is 12.5. The van der Waals surface area contributed by atoms with Crippen molar-refractivity contribution >= 4 is 0 Å². The Morgan fingerprint density at radius 1 is 1.41 bits per heavy atom. The molecule has 2 heterocycles. The van der Waals surface area contributed by atoms with E-state index in [9.17, 15) is 0 Å². The van der Waals surface area contributed by atoms with Gasteiger partial charge in [-0.2, -0.15) is 0 Å². The number of ether oxygens (including phenoxy) is 1. The lowest BCUT2D eigenvalue weighted by Gasteiger charge is -2.39. The van der Waals surface area contributed by atoms with Crippen LogP contribution in [0.5, 0.6) is 0 Å². The molecule has 0 saturated carbocycles. The van der Waals surface area contributed by atoms with Gasteiger partial charge in [-0.3, -0.25) is 9.88 Å². The van der Waals surface area contributed by atoms with Crippen molar-refractivity contribution in [3.63, 3.8) is 0 Å². The van der Waals surface area contributed by atoms with Gasteiger partial charge in [-0.05, 0) is 45.4 Å². The molecular formula is C14H22N2O. The van der Waals surface area contributed by atoms with E-state index in [1.54, 1.807) is 0 Å². The lowest BCUT2D eigenvalue weighted by Crippen LogP contribution is -2.46. The van der Waals surface area contributed by atoms with Crippen molar-refractivity contribution in [1.82, 2.24) is 9.88 Å². The van der Waals surface area contributed by atoms with E-state index in [0.29, 0.717) is 12.1 Å². The van der Waals surface area contributed by atoms with E-state index in [0.717, 1.165) is 18.8 Å². The van der Waals surface area contributed by atoms with Gasteiger partial charge in [0.05, 0.1) is 12.2 Å². The predicted molar refractivity (Wildman–Crippen MR) is 69.0 cm³/mol. The maximum absolute atomic E-state index is 6.04. The Labute approximate surface area is 104 Å². The topological polar surface area (TPSA) is 25.4 Å². The summed E-state index contributed by atoms with van der Waals surface area (Å²) in [5.74, 6) is 0. The van der Waals surface area contributed by atoms with Crippen LogP contribution in [0.2, 0.25) is 0 Å². The Hall–Kier alpha value is -0.930. The molecule has 2 rings (SSSR count). The van der Waals surface area contributed by atoms with Crippen molar-refractivity contribution in [1.29, 1.82) is 0 Å². The minimum atomic E-state index is 0.183. The second kappa shape index (κ2) is 5.15. The Balaban J connectivity index is 2.15. The quantitative estimate of drug-likeness (QED) is 0.786. The number of nitrogens with zero attached hydrogens (tertiary/aromatic N) is 2. The van der Waals surface area contributed by atoms with Crippen LogP contribution in [-0.2, 0) is 4.74 Å². The summed E-state index contributed by atoms with van der Waals surface area (Å²) in [5.41, 5.74) is 2.30. The molecule has 0 bridgehead atoms. The van der Waals surface area contributed by atoms with Crippen LogP contribution in [0, 0.1) is 6.92 Å². The lowest BCUT2D eigenvalue weighted by atomic mass is 10.1. The Morgan fingerprint density at radius 2 is 2.18 bits per heavy atom. The second-order valence-electron chi connectivity index (χ2n) is 5.21. The molecule has 1 aromatic heterocycles. The van der Waals surface area contributed by atoms with E-state index in [1.807, 2.05) is 13.1 Å². The van der Waals surface area contributed by atoms with Crippen molar-refractivity contribution in [2.45, 2.75) is 45.9 Å². The molecular weight excluding hydrogens is 212 g/mol. The van der Waals surface area contributed by atoms with Gasteiger partial charge in [-0.25, -0.2) is 0 Å². The third-order valence-electron chi connectivity index (χ3n) is 3.31. The zero-order valence-corrected chi connectivity index (χ0v) is 11.2. The van der Waals surface area contributed by atoms with E-state index >= 15 is 0 Å². The zero-order chi connectivity index (χ0) is 12.4. The van der Waals surface area contributed by atoms with Gasteiger partial charge >= 0.3 is 0 Å². The summed E-state index contributed by atoms with van der Waals surface area (Å²) in [5, 5.41) is 0. The van der Waals surface area contributed by atoms with Gasteiger partial charge in [0.1, 0.15) is 0 Å². The van der Waals surface area contributed by atoms with Crippen LogP contribution >= 0.6 is 0 Å². The number of hydrogen-bond acceptors (Lipinski definition) is 3. The summed E-state index contributed by atoms with van der Waals surface area (Å²) in [6.07, 6.45) is 2.35. The Morgan fingerprint density at radius 3 is 2.82 bits per heavy atom. The van der Waals surface area contributed by atoms with Crippen LogP contribution in [0.3, 0.4) is 0 Å². The molecule has 3 nitrogen and oxygen atoms in total. The molecule has 0 spiro atoms. The van der Waals surface area contributed by atoms with Gasteiger partial charge < -0.3 is 4.74 Å². The van der Waals surface area contributed by atoms with Gasteiger partial charge in [0.2, 0.25) is 0 Å². The van der Waals surface area contributed by atoms with Gasteiger partial charge in [0.25, 0.3) is 0 Å². The van der Waals surface area contributed by atoms with Crippen LogP contribution in [0.15, 0.2) is 18.3 Å². The summed E-state index contributed by atoms with van der Waals surface area (Å²) >= 11 is 0. The van der Waals surface area contributed by atoms with E-state index in [2.05, 4.69) is 42.8 Å². The highest BCUT2D eigenvalue weighted by molar-refractivity contribution is 5.19. The molecule has 17 heavy (non-hydrogen) atoms. The first-order chi connectivity index (χ1) is 8.06. The average Bonchev–Trinajstić information content (AvgIpc) is 2.28. The normalized spacial score (nSPS) is 26.4. The molecule has 2 atom stereocenters. The van der Waals surface area contributed by atoms with Crippen molar-refractivity contribution in [3.05, 3.63) is 29.6 Å². The minimum Gasteiger partial charge on any atom is -0.368 e. The average molecular weight is 234 g/mol. The molecule has 3 heteroatoms. The summed E-state index contributed by atoms with van der Waals surface area (Å²) in [7, 11) is 0. The van der Waals surface area contributed by atoms with Crippen LogP contribution < -0.4 is 0 Å². The molecule has 2 unspecified atom stereocenters. The number of aryl methyl sites for hydroxylation is 1. The van der Waals surface area contributed by atoms with Crippen molar-refractivity contribution in [3.8, 4) is 0 Å². The molecule has 1 saturated heterocycles. The number of rotatable bonds is 2. The largest absolute Gasteiger partial charge is 0.368 e. The molecule has 0 N–H and O–H groups in total. The molecule has 0 amide bonds. The molecule has 1 fully saturated rings. The van der Waals surface area contributed by atoms with Crippen molar-refractivity contribution < 1.29 is 4.74 Å². The monoisotopic (exact) mass is 234 g/mol. The molecule has 1 aliphatic heterocycles. The van der Waals surface area contributed by atoms with Gasteiger partial charge in [-0.15, -0.1) is 0 Å². The summed E-state index contributed by atoms with van der Waals surface area (Å²) < 4.78 is 6.04. The number of aromatic nitrogens is 1. The summed E-state index contributed by atoms with van der Waals surface area (Å²) in [6.45, 7) is 10.7. The molecule has 0 radical (unpaired) electrons. The van der Waals surface area contributed by atoms with Gasteiger partial charge in [0, 0.05) is 31.0 Å². The van der Waals surface area contributed by atoms with E-state index in [-0.39, 0.29) is 6.10 Å². The SMILES string of the molecule is Cc1cc(C2CN(C(C)C)CC(C)O2)ccn1. The van der Waals surface area contributed by atoms with Gasteiger partial charge in [-0.1, -0.05) is 0 Å². The highest BCUT2D eigenvalue weighted by Crippen LogP contribution is 2.26. The maximum atomic E-state index is 6.04. The Bertz CT molecular complexity index is 378. The first-order valence-electron chi connectivity index (χ1n) is 6.38. The van der Waals surface area contributed by atoms with Gasteiger partial charge in [0.15, 0.2) is 0 Å². The molecule has 0 aromatic carbocycles. The second-order valence-corrected chi connectivity index (χ2v) is 5.21. The van der Waals surface area contributed by atoms with Crippen molar-refractivity contribution in [2.24, 2.45) is 0 Å². The predicted octanol–water partition coefficient (Wildman–Crippen LogP) is 2.56. The van der Waals surface area contributed by atoms with E-state index in [4.69, 9.17) is 4.74 Å². The first-order valence-corrected chi connectivity index (χ1v) is 6.38. The third kappa shape index (κ3) is 3.05. The van der Waals surface area contributed by atoms with Crippen molar-refractivity contribution in [2.75, 3.05) is 13.1 Å². The Kier molecular flexibility index (Phi) is 3.79. The number of pyridine rings is 1. The van der Waals surface area contributed by atoms with Crippen LogP contribution in [0.1, 0.15) is 38.1 Å². The lowest BCUT2D eigenvalue weighted by molar-refractivity contribution is -0.0871. The smallest absolute Gasteiger partial charge is 0.0957 e. The third-order valence-corrected chi connectivity index (χ3v) is 3.31. The zero-order valence-electron chi connectivity index (χ0n) is 11.2. The minimum absolute atomic E-state index is 0.183. The van der Waals surface area contributed by atoms with Crippen LogP contribution in [-0.4, -0.2) is 35.1 Å². The fourth-order valence-electron chi connectivity index (χ4n) is 2.36. The highest BCUT2D eigenvalue weighted by Gasteiger charge is 2.27. The highest BCUT2D eigenvalue weighted by atomic mass is 16.5. The molecule has 94 valence electrons. The molecule has 1 aromatic rings. The van der Waals surface area contributed by atoms with E-state index < -0.39 is 0 Å². The van der Waals surface area contributed by atoms with E-state index in [1.165, 1.54) is 5.56 Å². The van der Waals surface area contributed by atoms with Crippen LogP contribution in [0.4, 0.5) is 0 Å². The maximum Gasteiger partial charge on any atom is 0.0957 e. The standard InChI is InChI=1S/C14H22N2O/c1-10(2)16-8-12(4)17-14(9-16)13-5-6-15-11(3)7-13/h5-7,10,12,14H,8-9H2,1-4H3. The molecule has 1 aliphatic rings. The number of morpholine rings is 1. The fraction of sp³-hybridized carbons (Fsp3) is 0.643. The number of hydrogen-bond donors (Lipinski definition) is 0. The molecule has 0 aliphatic carbocycles.